The van der Waals surface area contributed by atoms with Crippen LogP contribution in [0.15, 0.2) is 41.0 Å². The van der Waals surface area contributed by atoms with Crippen molar-refractivity contribution >= 4 is 17.5 Å². The van der Waals surface area contributed by atoms with Crippen LogP contribution in [0.25, 0.3) is 0 Å². The van der Waals surface area contributed by atoms with Crippen molar-refractivity contribution < 1.29 is 24.5 Å². The maximum Gasteiger partial charge on any atom is 0.214 e. The van der Waals surface area contributed by atoms with E-state index in [1.807, 2.05) is 30.3 Å². The molecule has 1 aliphatic carbocycles. The molecule has 1 saturated heterocycles. The van der Waals surface area contributed by atoms with E-state index >= 15 is 0 Å². The molecule has 0 saturated carbocycles. The number of Topliss-reactive ketones (excluding diaryl/α,β-unsaturated/α-hetero) is 1. The second-order valence-electron chi connectivity index (χ2n) is 6.18. The molecule has 0 radical (unpaired) electrons. The van der Waals surface area contributed by atoms with Crippen LogP contribution in [-0.2, 0) is 14.3 Å². The van der Waals surface area contributed by atoms with Gasteiger partial charge < -0.3 is 19.7 Å². The minimum atomic E-state index is -0.980. The van der Waals surface area contributed by atoms with E-state index in [0.29, 0.717) is 17.1 Å². The molecule has 1 fully saturated rings. The predicted molar refractivity (Wildman–Crippen MR) is 84.6 cm³/mol. The molecule has 3 aliphatic rings. The van der Waals surface area contributed by atoms with Gasteiger partial charge in [0.25, 0.3) is 0 Å². The van der Waals surface area contributed by atoms with Crippen LogP contribution in [0.3, 0.4) is 0 Å². The highest BCUT2D eigenvalue weighted by Crippen LogP contribution is 2.50. The zero-order valence-corrected chi connectivity index (χ0v) is 13.4. The third-order valence-corrected chi connectivity index (χ3v) is 6.10. The average Bonchev–Trinajstić information content (AvgIpc) is 2.88. The van der Waals surface area contributed by atoms with Crippen LogP contribution in [0.1, 0.15) is 24.8 Å². The Morgan fingerprint density at radius 2 is 1.91 bits per heavy atom. The molecule has 1 aromatic rings. The zero-order valence-electron chi connectivity index (χ0n) is 12.6. The van der Waals surface area contributed by atoms with Gasteiger partial charge in [0.2, 0.25) is 6.29 Å². The summed E-state index contributed by atoms with van der Waals surface area (Å²) in [5.41, 5.74) is 1.04. The summed E-state index contributed by atoms with van der Waals surface area (Å²) < 4.78 is 11.7. The number of thioether (sulfide) groups is 1. The smallest absolute Gasteiger partial charge is 0.214 e. The number of rotatable bonds is 1. The molecule has 1 aromatic carbocycles. The molecule has 5 nitrogen and oxygen atoms in total. The summed E-state index contributed by atoms with van der Waals surface area (Å²) in [6.45, 7) is 1.70. The molecule has 6 heteroatoms. The maximum atomic E-state index is 12.4. The fourth-order valence-corrected chi connectivity index (χ4v) is 4.69. The van der Waals surface area contributed by atoms with Crippen molar-refractivity contribution in [2.24, 2.45) is 0 Å². The molecule has 0 bridgehead atoms. The Hall–Kier alpha value is -1.34. The number of benzene rings is 1. The first-order chi connectivity index (χ1) is 11.1. The van der Waals surface area contributed by atoms with Gasteiger partial charge >= 0.3 is 0 Å². The molecule has 2 heterocycles. The van der Waals surface area contributed by atoms with Crippen LogP contribution in [0.5, 0.6) is 0 Å². The highest BCUT2D eigenvalue weighted by Gasteiger charge is 2.51. The zero-order chi connectivity index (χ0) is 16.1. The van der Waals surface area contributed by atoms with E-state index in [1.165, 1.54) is 11.8 Å². The van der Waals surface area contributed by atoms with Gasteiger partial charge in [-0.05, 0) is 12.5 Å². The van der Waals surface area contributed by atoms with E-state index in [9.17, 15) is 15.0 Å². The van der Waals surface area contributed by atoms with E-state index in [-0.39, 0.29) is 11.7 Å². The lowest BCUT2D eigenvalue weighted by Gasteiger charge is -2.43. The van der Waals surface area contributed by atoms with Gasteiger partial charge in [0.05, 0.1) is 16.9 Å². The number of carbonyl (C=O) groups excluding carboxylic acids is 1. The summed E-state index contributed by atoms with van der Waals surface area (Å²) in [5, 5.41) is 19.8. The number of carbonyl (C=O) groups is 1. The third-order valence-electron chi connectivity index (χ3n) is 4.67. The number of hydrogen-bond acceptors (Lipinski definition) is 6. The number of fused-ring (bicyclic) bond motifs is 1. The summed E-state index contributed by atoms with van der Waals surface area (Å²) >= 11 is 1.28. The van der Waals surface area contributed by atoms with Crippen LogP contribution in [0.4, 0.5) is 0 Å². The van der Waals surface area contributed by atoms with Gasteiger partial charge in [0, 0.05) is 6.42 Å². The quantitative estimate of drug-likeness (QED) is 0.812. The number of hydrogen-bond donors (Lipinski definition) is 2. The lowest BCUT2D eigenvalue weighted by Crippen LogP contribution is -2.56. The standard InChI is InChI=1S/C17H18O5S/c1-8-12(19)13(20)16-17(21-8)22-14-10(7-11(18)15(14)23-16)9-5-3-2-4-6-9/h2-6,8,10,12-13,16-17,19-20H,7H2,1H3. The van der Waals surface area contributed by atoms with Crippen molar-refractivity contribution in [3.05, 3.63) is 46.6 Å². The Morgan fingerprint density at radius 1 is 1.17 bits per heavy atom. The van der Waals surface area contributed by atoms with Crippen molar-refractivity contribution in [3.63, 3.8) is 0 Å². The Labute approximate surface area is 138 Å². The first kappa shape index (κ1) is 15.2. The van der Waals surface area contributed by atoms with Gasteiger partial charge in [-0.25, -0.2) is 0 Å². The van der Waals surface area contributed by atoms with E-state index in [1.54, 1.807) is 6.92 Å². The monoisotopic (exact) mass is 334 g/mol. The van der Waals surface area contributed by atoms with Gasteiger partial charge in [-0.2, -0.15) is 0 Å². The minimum absolute atomic E-state index is 0.0256. The molecule has 6 unspecified atom stereocenters. The Morgan fingerprint density at radius 3 is 2.65 bits per heavy atom. The van der Waals surface area contributed by atoms with Crippen molar-refractivity contribution in [1.29, 1.82) is 0 Å². The SMILES string of the molecule is CC1OC2OC3=C(SC2C(O)C1O)C(=O)CC3c1ccccc1. The van der Waals surface area contributed by atoms with Gasteiger partial charge in [-0.1, -0.05) is 30.3 Å². The fourth-order valence-electron chi connectivity index (χ4n) is 3.36. The molecular weight excluding hydrogens is 316 g/mol. The van der Waals surface area contributed by atoms with Crippen LogP contribution in [0, 0.1) is 0 Å². The summed E-state index contributed by atoms with van der Waals surface area (Å²) in [6.07, 6.45) is -2.75. The number of aliphatic hydroxyl groups excluding tert-OH is 2. The molecule has 2 N–H and O–H groups in total. The molecule has 0 spiro atoms. The second-order valence-corrected chi connectivity index (χ2v) is 7.36. The predicted octanol–water partition coefficient (Wildman–Crippen LogP) is 1.55. The van der Waals surface area contributed by atoms with Gasteiger partial charge in [-0.3, -0.25) is 4.79 Å². The molecular formula is C17H18O5S. The van der Waals surface area contributed by atoms with Crippen LogP contribution >= 0.6 is 11.8 Å². The van der Waals surface area contributed by atoms with Gasteiger partial charge in [-0.15, -0.1) is 11.8 Å². The minimum Gasteiger partial charge on any atom is -0.466 e. The summed E-state index contributed by atoms with van der Waals surface area (Å²) in [7, 11) is 0. The number of allylic oxidation sites excluding steroid dienone is 2. The maximum absolute atomic E-state index is 12.4. The molecule has 23 heavy (non-hydrogen) atoms. The third kappa shape index (κ3) is 2.41. The summed E-state index contributed by atoms with van der Waals surface area (Å²) in [6, 6.07) is 9.78. The lowest BCUT2D eigenvalue weighted by atomic mass is 9.97. The average molecular weight is 334 g/mol. The van der Waals surface area contributed by atoms with Crippen molar-refractivity contribution in [3.8, 4) is 0 Å². The molecule has 0 amide bonds. The van der Waals surface area contributed by atoms with Crippen LogP contribution < -0.4 is 0 Å². The number of ether oxygens (including phenoxy) is 2. The highest BCUT2D eigenvalue weighted by molar-refractivity contribution is 8.04. The van der Waals surface area contributed by atoms with E-state index in [4.69, 9.17) is 9.47 Å². The largest absolute Gasteiger partial charge is 0.466 e. The molecule has 4 rings (SSSR count). The van der Waals surface area contributed by atoms with Crippen LogP contribution in [0.2, 0.25) is 0 Å². The van der Waals surface area contributed by atoms with Crippen LogP contribution in [-0.4, -0.2) is 45.8 Å². The van der Waals surface area contributed by atoms with Gasteiger partial charge in [0.15, 0.2) is 5.78 Å². The van der Waals surface area contributed by atoms with E-state index < -0.39 is 29.9 Å². The Kier molecular flexibility index (Phi) is 3.72. The molecule has 2 aliphatic heterocycles. The summed E-state index contributed by atoms with van der Waals surface area (Å²) in [4.78, 5) is 12.9. The van der Waals surface area contributed by atoms with Crippen molar-refractivity contribution in [2.75, 3.05) is 0 Å². The van der Waals surface area contributed by atoms with E-state index in [0.717, 1.165) is 5.56 Å². The van der Waals surface area contributed by atoms with Crippen molar-refractivity contribution in [2.45, 2.75) is 49.1 Å². The first-order valence-corrected chi connectivity index (χ1v) is 8.61. The normalized spacial score (nSPS) is 39.7. The van der Waals surface area contributed by atoms with E-state index in [2.05, 4.69) is 0 Å². The van der Waals surface area contributed by atoms with Gasteiger partial charge in [0.1, 0.15) is 23.2 Å². The first-order valence-electron chi connectivity index (χ1n) is 7.73. The summed E-state index contributed by atoms with van der Waals surface area (Å²) in [5.74, 6) is 0.566. The fraction of sp³-hybridized carbons (Fsp3) is 0.471. The van der Waals surface area contributed by atoms with Crippen molar-refractivity contribution in [1.82, 2.24) is 0 Å². The highest BCUT2D eigenvalue weighted by atomic mass is 32.2. The Bertz CT molecular complexity index is 658. The topological polar surface area (TPSA) is 76.0 Å². The second kappa shape index (κ2) is 5.63. The Balaban J connectivity index is 1.67. The number of aliphatic hydroxyl groups is 2. The molecule has 122 valence electrons. The lowest BCUT2D eigenvalue weighted by molar-refractivity contribution is -0.231. The molecule has 6 atom stereocenters. The number of ketones is 1. The molecule has 0 aromatic heterocycles.